The van der Waals surface area contributed by atoms with E-state index in [-0.39, 0.29) is 56.0 Å². The fraction of sp³-hybridized carbons (Fsp3) is 0.235. The number of anilines is 3. The molecule has 2 atom stereocenters. The molecule has 3 aromatic carbocycles. The normalized spacial score (nSPS) is 13.0. The van der Waals surface area contributed by atoms with E-state index in [1.54, 1.807) is 75.9 Å². The van der Waals surface area contributed by atoms with Crippen molar-refractivity contribution >= 4 is 57.7 Å². The highest BCUT2D eigenvalue weighted by Crippen LogP contribution is 2.39. The Hall–Kier alpha value is -8.45. The fourth-order valence-electron chi connectivity index (χ4n) is 7.37. The first-order valence-corrected chi connectivity index (χ1v) is 22.1. The number of fused-ring (bicyclic) bond motifs is 1. The zero-order valence-electron chi connectivity index (χ0n) is 38.6. The Morgan fingerprint density at radius 1 is 0.800 bits per heavy atom. The number of methoxy groups -OCH3 is 1. The molecule has 19 heteroatoms. The van der Waals surface area contributed by atoms with Crippen molar-refractivity contribution in [3.63, 3.8) is 0 Å². The van der Waals surface area contributed by atoms with Crippen LogP contribution in [0.2, 0.25) is 0 Å². The number of nitrogens with zero attached hydrogens (tertiary/aromatic N) is 6. The number of carbonyl (C=O) groups excluding carboxylic acids is 5. The van der Waals surface area contributed by atoms with Crippen LogP contribution in [0.3, 0.4) is 0 Å². The van der Waals surface area contributed by atoms with Crippen molar-refractivity contribution in [2.45, 2.75) is 45.9 Å². The van der Waals surface area contributed by atoms with Crippen LogP contribution in [0.5, 0.6) is 5.88 Å². The Balaban J connectivity index is 0.983. The number of aromatic nitrogens is 4. The molecule has 4 heterocycles. The second kappa shape index (κ2) is 22.6. The van der Waals surface area contributed by atoms with E-state index in [4.69, 9.17) is 14.2 Å². The molecule has 5 amide bonds. The number of amides is 5. The van der Waals surface area contributed by atoms with Gasteiger partial charge in [0.25, 0.3) is 11.8 Å². The number of imide groups is 1. The van der Waals surface area contributed by atoms with Gasteiger partial charge in [-0.3, -0.25) is 29.1 Å². The van der Waals surface area contributed by atoms with Crippen molar-refractivity contribution < 1.29 is 47.0 Å². The Morgan fingerprint density at radius 3 is 2.27 bits per heavy atom. The number of ether oxygens (including phenoxy) is 3. The number of halogens is 2. The van der Waals surface area contributed by atoms with Crippen LogP contribution in [0.1, 0.15) is 32.8 Å². The third-order valence-electron chi connectivity index (χ3n) is 11.2. The number of hydrogen-bond donors (Lipinski definition) is 3. The van der Waals surface area contributed by atoms with Gasteiger partial charge in [0.05, 0.1) is 56.5 Å². The molecule has 0 spiro atoms. The maximum atomic E-state index is 15.6. The molecule has 6 aromatic rings. The van der Waals surface area contributed by atoms with E-state index in [0.717, 1.165) is 44.0 Å². The lowest BCUT2D eigenvalue weighted by molar-refractivity contribution is -0.138. The highest BCUT2D eigenvalue weighted by Gasteiger charge is 2.29. The summed E-state index contributed by atoms with van der Waals surface area (Å²) in [5, 5.41) is 17.5. The molecule has 70 heavy (non-hydrogen) atoms. The Bertz CT molecular complexity index is 2940. The summed E-state index contributed by atoms with van der Waals surface area (Å²) in [7, 11) is 1.35. The molecule has 0 bridgehead atoms. The maximum absolute atomic E-state index is 15.6. The average molecular weight is 954 g/mol. The zero-order chi connectivity index (χ0) is 49.9. The van der Waals surface area contributed by atoms with Crippen LogP contribution in [0, 0.1) is 17.6 Å². The van der Waals surface area contributed by atoms with Crippen molar-refractivity contribution in [2.75, 3.05) is 37.1 Å². The number of nitrogens with one attached hydrogen (secondary N) is 3. The van der Waals surface area contributed by atoms with Crippen LogP contribution in [0.25, 0.3) is 33.2 Å². The van der Waals surface area contributed by atoms with Gasteiger partial charge in [-0.25, -0.2) is 23.5 Å². The molecule has 1 unspecified atom stereocenters. The van der Waals surface area contributed by atoms with Gasteiger partial charge in [0.2, 0.25) is 17.7 Å². The highest BCUT2D eigenvalue weighted by atomic mass is 19.1. The molecular formula is C51H49F2N9O8. The number of rotatable bonds is 20. The summed E-state index contributed by atoms with van der Waals surface area (Å²) >= 11 is 0. The van der Waals surface area contributed by atoms with Crippen molar-refractivity contribution in [2.24, 2.45) is 5.92 Å². The number of pyridine rings is 2. The van der Waals surface area contributed by atoms with Gasteiger partial charge in [0, 0.05) is 64.9 Å². The summed E-state index contributed by atoms with van der Waals surface area (Å²) in [6.07, 6.45) is 7.81. The summed E-state index contributed by atoms with van der Waals surface area (Å²) in [5.41, 5.74) is 4.93. The van der Waals surface area contributed by atoms with Gasteiger partial charge >= 0.3 is 6.09 Å². The Labute approximate surface area is 401 Å². The van der Waals surface area contributed by atoms with E-state index >= 15 is 4.39 Å². The van der Waals surface area contributed by atoms with Gasteiger partial charge in [-0.2, -0.15) is 10.2 Å². The van der Waals surface area contributed by atoms with Crippen molar-refractivity contribution in [1.82, 2.24) is 35.7 Å². The quantitative estimate of drug-likeness (QED) is 0.0504. The predicted octanol–water partition coefficient (Wildman–Crippen LogP) is 7.42. The largest absolute Gasteiger partial charge is 0.479 e. The Morgan fingerprint density at radius 2 is 1.57 bits per heavy atom. The molecule has 0 radical (unpaired) electrons. The second-order valence-electron chi connectivity index (χ2n) is 16.4. The van der Waals surface area contributed by atoms with Gasteiger partial charge in [-0.05, 0) is 84.1 Å². The maximum Gasteiger partial charge on any atom is 0.419 e. The van der Waals surface area contributed by atoms with Crippen LogP contribution in [0.4, 0.5) is 30.6 Å². The van der Waals surface area contributed by atoms with E-state index in [0.29, 0.717) is 34.1 Å². The fourth-order valence-corrected chi connectivity index (χ4v) is 7.37. The topological polar surface area (TPSA) is 207 Å². The summed E-state index contributed by atoms with van der Waals surface area (Å²) in [6.45, 7) is 9.29. The molecule has 0 aliphatic carbocycles. The van der Waals surface area contributed by atoms with Gasteiger partial charge in [0.1, 0.15) is 30.0 Å². The third kappa shape index (κ3) is 12.0. The van der Waals surface area contributed by atoms with E-state index < -0.39 is 53.4 Å². The van der Waals surface area contributed by atoms with Gasteiger partial charge in [-0.1, -0.05) is 38.6 Å². The van der Waals surface area contributed by atoms with Crippen LogP contribution in [-0.4, -0.2) is 93.7 Å². The first-order chi connectivity index (χ1) is 33.7. The first kappa shape index (κ1) is 49.5. The van der Waals surface area contributed by atoms with E-state index in [1.165, 1.54) is 19.3 Å². The molecule has 360 valence electrons. The molecule has 17 nitrogen and oxygen atoms in total. The molecule has 3 aromatic heterocycles. The minimum absolute atomic E-state index is 0.0224. The third-order valence-corrected chi connectivity index (χ3v) is 11.2. The SMILES string of the molecule is C=C(Nc1ccc(COC(=O)N(c2ccc(F)cc2F)c2cc(-c3ccc4nccc(-c5ccnnc5)c4c3)cnc2OC)cc1)[C@H](C)NC(=O)C(NC(=O)CCOCCN1C(=O)C=CC1=O)C(C)C. The summed E-state index contributed by atoms with van der Waals surface area (Å²) in [4.78, 5) is 74.5. The van der Waals surface area contributed by atoms with Crippen LogP contribution in [-0.2, 0) is 35.3 Å². The van der Waals surface area contributed by atoms with Crippen LogP contribution < -0.4 is 25.6 Å². The number of hydrogen-bond acceptors (Lipinski definition) is 13. The smallest absolute Gasteiger partial charge is 0.419 e. The molecule has 0 saturated carbocycles. The lowest BCUT2D eigenvalue weighted by atomic mass is 9.99. The van der Waals surface area contributed by atoms with E-state index in [1.807, 2.05) is 30.3 Å². The molecular weight excluding hydrogens is 905 g/mol. The molecule has 0 saturated heterocycles. The molecule has 1 aliphatic rings. The van der Waals surface area contributed by atoms with Gasteiger partial charge in [-0.15, -0.1) is 0 Å². The van der Waals surface area contributed by atoms with Crippen LogP contribution >= 0.6 is 0 Å². The highest BCUT2D eigenvalue weighted by molar-refractivity contribution is 6.12. The van der Waals surface area contributed by atoms with Crippen molar-refractivity contribution in [1.29, 1.82) is 0 Å². The van der Waals surface area contributed by atoms with Crippen molar-refractivity contribution in [3.05, 3.63) is 145 Å². The minimum atomic E-state index is -1.04. The van der Waals surface area contributed by atoms with Gasteiger partial charge in [0.15, 0.2) is 0 Å². The Kier molecular flexibility index (Phi) is 15.9. The molecule has 1 aliphatic heterocycles. The number of benzene rings is 3. The summed E-state index contributed by atoms with van der Waals surface area (Å²) in [5.74, 6) is -3.85. The standard InChI is InChI=1S/C51H49F2N9O8/c1-30(2)48(60-45(63)18-22-69-23-21-61-46(64)14-15-47(61)65)49(66)59-32(4)31(3)58-38-10-6-33(7-11-38)29-70-51(67)62(43-13-9-37(52)26-41(43)53)44-25-36(27-55-50(44)68-5)34-8-12-42-40(24-34)39(17-19-54-42)35-16-20-56-57-28-35/h6-17,19-20,24-28,30,32,48,58H,3,18,21-23,29H2,1-2,4-5H3,(H,59,66)(H,60,63)/t32-,48?/m0/s1. The van der Waals surface area contributed by atoms with Crippen LogP contribution in [0.15, 0.2) is 128 Å². The van der Waals surface area contributed by atoms with E-state index in [9.17, 15) is 28.4 Å². The van der Waals surface area contributed by atoms with E-state index in [2.05, 4.69) is 42.7 Å². The average Bonchev–Trinajstić information content (AvgIpc) is 3.68. The summed E-state index contributed by atoms with van der Waals surface area (Å²) in [6, 6.07) is 19.1. The second-order valence-corrected chi connectivity index (χ2v) is 16.4. The number of carbonyl (C=O) groups is 5. The summed E-state index contributed by atoms with van der Waals surface area (Å²) < 4.78 is 46.6. The lowest BCUT2D eigenvalue weighted by Gasteiger charge is -2.25. The molecule has 3 N–H and O–H groups in total. The molecule has 0 fully saturated rings. The minimum Gasteiger partial charge on any atom is -0.479 e. The predicted molar refractivity (Wildman–Crippen MR) is 256 cm³/mol. The molecule has 7 rings (SSSR count). The van der Waals surface area contributed by atoms with Crippen molar-refractivity contribution in [3.8, 4) is 28.1 Å². The lowest BCUT2D eigenvalue weighted by Crippen LogP contribution is -2.52. The zero-order valence-corrected chi connectivity index (χ0v) is 38.6. The monoisotopic (exact) mass is 953 g/mol. The first-order valence-electron chi connectivity index (χ1n) is 22.1. The van der Waals surface area contributed by atoms with Gasteiger partial charge < -0.3 is 30.2 Å².